The van der Waals surface area contributed by atoms with Gasteiger partial charge in [0.2, 0.25) is 0 Å². The van der Waals surface area contributed by atoms with E-state index in [0.717, 1.165) is 5.56 Å². The second-order valence-corrected chi connectivity index (χ2v) is 5.00. The van der Waals surface area contributed by atoms with E-state index < -0.39 is 0 Å². The van der Waals surface area contributed by atoms with Crippen LogP contribution in [-0.4, -0.2) is 13.7 Å². The summed E-state index contributed by atoms with van der Waals surface area (Å²) >= 11 is 0. The summed E-state index contributed by atoms with van der Waals surface area (Å²) < 4.78 is 19.1. The standard InChI is InChI=1S/C17H20FNO/c1-12-8-13(2)10-14(9-12)16(19-3)11-20-17-7-5-4-6-15(17)18/h4-10,16,19H,11H2,1-3H3. The lowest BCUT2D eigenvalue weighted by Crippen LogP contribution is -2.23. The summed E-state index contributed by atoms with van der Waals surface area (Å²) in [5.74, 6) is -0.0418. The molecule has 0 bridgehead atoms. The third-order valence-corrected chi connectivity index (χ3v) is 3.24. The molecule has 3 heteroatoms. The smallest absolute Gasteiger partial charge is 0.165 e. The molecule has 106 valence electrons. The third kappa shape index (κ3) is 3.58. The van der Waals surface area contributed by atoms with Gasteiger partial charge in [-0.3, -0.25) is 0 Å². The fraction of sp³-hybridized carbons (Fsp3) is 0.294. The third-order valence-electron chi connectivity index (χ3n) is 3.24. The van der Waals surface area contributed by atoms with Crippen LogP contribution in [0.4, 0.5) is 4.39 Å². The molecule has 0 aliphatic carbocycles. The number of aryl methyl sites for hydroxylation is 2. The maximum absolute atomic E-state index is 13.5. The Kier molecular flexibility index (Phi) is 4.74. The molecule has 20 heavy (non-hydrogen) atoms. The zero-order chi connectivity index (χ0) is 14.5. The van der Waals surface area contributed by atoms with E-state index in [4.69, 9.17) is 4.74 Å². The highest BCUT2D eigenvalue weighted by Crippen LogP contribution is 2.20. The fourth-order valence-corrected chi connectivity index (χ4v) is 2.29. The van der Waals surface area contributed by atoms with Crippen LogP contribution in [0.3, 0.4) is 0 Å². The SMILES string of the molecule is CNC(COc1ccccc1F)c1cc(C)cc(C)c1. The predicted octanol–water partition coefficient (Wildman–Crippen LogP) is 3.78. The van der Waals surface area contributed by atoms with Crippen LogP contribution in [-0.2, 0) is 0 Å². The lowest BCUT2D eigenvalue weighted by atomic mass is 10.0. The van der Waals surface area contributed by atoms with Crippen molar-refractivity contribution in [3.8, 4) is 5.75 Å². The number of halogens is 1. The van der Waals surface area contributed by atoms with Gasteiger partial charge in [-0.1, -0.05) is 41.5 Å². The number of ether oxygens (including phenoxy) is 1. The molecule has 0 aliphatic rings. The van der Waals surface area contributed by atoms with E-state index in [0.29, 0.717) is 6.61 Å². The Hall–Kier alpha value is -1.87. The van der Waals surface area contributed by atoms with E-state index in [2.05, 4.69) is 37.4 Å². The normalized spacial score (nSPS) is 12.2. The Bertz CT molecular complexity index is 563. The maximum atomic E-state index is 13.5. The van der Waals surface area contributed by atoms with Gasteiger partial charge in [0.05, 0.1) is 6.04 Å². The molecule has 2 aromatic rings. The van der Waals surface area contributed by atoms with Gasteiger partial charge < -0.3 is 10.1 Å². The van der Waals surface area contributed by atoms with Crippen molar-refractivity contribution in [3.63, 3.8) is 0 Å². The summed E-state index contributed by atoms with van der Waals surface area (Å²) in [4.78, 5) is 0. The highest BCUT2D eigenvalue weighted by atomic mass is 19.1. The number of likely N-dealkylation sites (N-methyl/N-ethyl adjacent to an activating group) is 1. The minimum atomic E-state index is -0.331. The molecule has 1 N–H and O–H groups in total. The van der Waals surface area contributed by atoms with Gasteiger partial charge in [-0.25, -0.2) is 4.39 Å². The van der Waals surface area contributed by atoms with Gasteiger partial charge in [-0.15, -0.1) is 0 Å². The van der Waals surface area contributed by atoms with Crippen LogP contribution in [0.25, 0.3) is 0 Å². The highest BCUT2D eigenvalue weighted by Gasteiger charge is 2.12. The predicted molar refractivity (Wildman–Crippen MR) is 79.6 cm³/mol. The summed E-state index contributed by atoms with van der Waals surface area (Å²) in [6.45, 7) is 4.53. The Morgan fingerprint density at radius 2 is 1.75 bits per heavy atom. The summed E-state index contributed by atoms with van der Waals surface area (Å²) in [6, 6.07) is 12.9. The minimum Gasteiger partial charge on any atom is -0.489 e. The lowest BCUT2D eigenvalue weighted by Gasteiger charge is -2.19. The van der Waals surface area contributed by atoms with Crippen LogP contribution in [0.1, 0.15) is 22.7 Å². The van der Waals surface area contributed by atoms with Crippen LogP contribution < -0.4 is 10.1 Å². The number of hydrogen-bond donors (Lipinski definition) is 1. The van der Waals surface area contributed by atoms with Crippen molar-refractivity contribution in [2.45, 2.75) is 19.9 Å². The number of para-hydroxylation sites is 1. The second kappa shape index (κ2) is 6.53. The van der Waals surface area contributed by atoms with Crippen molar-refractivity contribution >= 4 is 0 Å². The number of hydrogen-bond acceptors (Lipinski definition) is 2. The van der Waals surface area contributed by atoms with E-state index in [1.165, 1.54) is 17.2 Å². The van der Waals surface area contributed by atoms with E-state index in [9.17, 15) is 4.39 Å². The first kappa shape index (κ1) is 14.5. The quantitative estimate of drug-likeness (QED) is 0.895. The summed E-state index contributed by atoms with van der Waals surface area (Å²) in [6.07, 6.45) is 0. The van der Waals surface area contributed by atoms with E-state index in [1.807, 2.05) is 7.05 Å². The first-order valence-corrected chi connectivity index (χ1v) is 6.73. The van der Waals surface area contributed by atoms with E-state index >= 15 is 0 Å². The molecule has 0 fully saturated rings. The second-order valence-electron chi connectivity index (χ2n) is 5.00. The number of benzene rings is 2. The molecule has 1 atom stereocenters. The molecule has 0 heterocycles. The monoisotopic (exact) mass is 273 g/mol. The summed E-state index contributed by atoms with van der Waals surface area (Å²) in [5.41, 5.74) is 3.58. The van der Waals surface area contributed by atoms with E-state index in [1.54, 1.807) is 18.2 Å². The molecule has 0 aromatic heterocycles. The highest BCUT2D eigenvalue weighted by molar-refractivity contribution is 5.31. The Morgan fingerprint density at radius 1 is 1.10 bits per heavy atom. The van der Waals surface area contributed by atoms with Gasteiger partial charge in [0.15, 0.2) is 11.6 Å². The van der Waals surface area contributed by atoms with Gasteiger partial charge in [-0.2, -0.15) is 0 Å². The molecule has 0 aliphatic heterocycles. The molecular weight excluding hydrogens is 253 g/mol. The van der Waals surface area contributed by atoms with Crippen LogP contribution in [0.15, 0.2) is 42.5 Å². The van der Waals surface area contributed by atoms with Crippen LogP contribution in [0.5, 0.6) is 5.75 Å². The fourth-order valence-electron chi connectivity index (χ4n) is 2.29. The topological polar surface area (TPSA) is 21.3 Å². The van der Waals surface area contributed by atoms with Crippen LogP contribution in [0, 0.1) is 19.7 Å². The molecule has 2 aromatic carbocycles. The Labute approximate surface area is 119 Å². The van der Waals surface area contributed by atoms with Gasteiger partial charge >= 0.3 is 0 Å². The Balaban J connectivity index is 2.11. The minimum absolute atomic E-state index is 0.0354. The van der Waals surface area contributed by atoms with Crippen molar-refractivity contribution in [1.82, 2.24) is 5.32 Å². The molecule has 2 nitrogen and oxygen atoms in total. The molecule has 0 saturated heterocycles. The summed E-state index contributed by atoms with van der Waals surface area (Å²) in [5, 5.41) is 3.22. The molecule has 0 spiro atoms. The number of rotatable bonds is 5. The average molecular weight is 273 g/mol. The molecule has 2 rings (SSSR count). The van der Waals surface area contributed by atoms with Crippen LogP contribution >= 0.6 is 0 Å². The zero-order valence-corrected chi connectivity index (χ0v) is 12.1. The Morgan fingerprint density at radius 3 is 2.35 bits per heavy atom. The first-order valence-electron chi connectivity index (χ1n) is 6.73. The first-order chi connectivity index (χ1) is 9.60. The number of nitrogens with one attached hydrogen (secondary N) is 1. The van der Waals surface area contributed by atoms with Gasteiger partial charge in [0.1, 0.15) is 6.61 Å². The van der Waals surface area contributed by atoms with Gasteiger partial charge in [0.25, 0.3) is 0 Å². The largest absolute Gasteiger partial charge is 0.489 e. The van der Waals surface area contributed by atoms with Crippen molar-refractivity contribution in [1.29, 1.82) is 0 Å². The maximum Gasteiger partial charge on any atom is 0.165 e. The van der Waals surface area contributed by atoms with Crippen molar-refractivity contribution in [3.05, 3.63) is 65.0 Å². The molecular formula is C17H20FNO. The summed E-state index contributed by atoms with van der Waals surface area (Å²) in [7, 11) is 1.88. The van der Waals surface area contributed by atoms with Gasteiger partial charge in [-0.05, 0) is 38.6 Å². The molecule has 0 saturated carbocycles. The van der Waals surface area contributed by atoms with Crippen LogP contribution in [0.2, 0.25) is 0 Å². The molecule has 0 amide bonds. The van der Waals surface area contributed by atoms with Crippen molar-refractivity contribution < 1.29 is 9.13 Å². The molecule has 1 unspecified atom stereocenters. The van der Waals surface area contributed by atoms with Crippen molar-refractivity contribution in [2.24, 2.45) is 0 Å². The zero-order valence-electron chi connectivity index (χ0n) is 12.1. The average Bonchev–Trinajstić information content (AvgIpc) is 2.40. The van der Waals surface area contributed by atoms with Gasteiger partial charge in [0, 0.05) is 0 Å². The molecule has 0 radical (unpaired) electrons. The van der Waals surface area contributed by atoms with E-state index in [-0.39, 0.29) is 17.6 Å². The lowest BCUT2D eigenvalue weighted by molar-refractivity contribution is 0.261. The van der Waals surface area contributed by atoms with Crippen molar-refractivity contribution in [2.75, 3.05) is 13.7 Å².